The predicted molar refractivity (Wildman–Crippen MR) is 82.0 cm³/mol. The maximum atomic E-state index is 12.1. The molecular weight excluding hydrogens is 322 g/mol. The van der Waals surface area contributed by atoms with Gasteiger partial charge in [0.1, 0.15) is 5.75 Å². The summed E-state index contributed by atoms with van der Waals surface area (Å²) in [4.78, 5) is 12.1. The van der Waals surface area contributed by atoms with Crippen molar-refractivity contribution in [1.82, 2.24) is 4.57 Å². The molecule has 2 aromatic rings. The minimum absolute atomic E-state index is 0.0234. The number of aromatic nitrogens is 1. The van der Waals surface area contributed by atoms with Crippen LogP contribution in [0.4, 0.5) is 0 Å². The van der Waals surface area contributed by atoms with Gasteiger partial charge in [-0.1, -0.05) is 0 Å². The molecule has 20 heavy (non-hydrogen) atoms. The third kappa shape index (κ3) is 3.11. The first-order valence-electron chi connectivity index (χ1n) is 6.29. The van der Waals surface area contributed by atoms with Crippen LogP contribution in [-0.4, -0.2) is 18.5 Å². The Bertz CT molecular complexity index is 635. The Kier molecular flexibility index (Phi) is 4.98. The molecule has 0 spiro atoms. The lowest BCUT2D eigenvalue weighted by molar-refractivity contribution is 0.0511. The maximum absolute atomic E-state index is 12.1. The van der Waals surface area contributed by atoms with Gasteiger partial charge >= 0.3 is 0 Å². The summed E-state index contributed by atoms with van der Waals surface area (Å²) in [7, 11) is 1.58. The van der Waals surface area contributed by atoms with Gasteiger partial charge in [-0.25, -0.2) is 0 Å². The van der Waals surface area contributed by atoms with E-state index in [9.17, 15) is 4.79 Å². The summed E-state index contributed by atoms with van der Waals surface area (Å²) in [6.07, 6.45) is 0. The number of hydrogen-bond donors (Lipinski definition) is 0. The molecule has 2 rings (SSSR count). The van der Waals surface area contributed by atoms with Crippen LogP contribution in [0.15, 0.2) is 45.7 Å². The molecule has 0 saturated heterocycles. The average Bonchev–Trinajstić information content (AvgIpc) is 2.48. The lowest BCUT2D eigenvalue weighted by Gasteiger charge is -2.12. The standard InChI is InChI=1S/C15H16BrNO3/c1-3-17-14(9-8-13(16)15(17)18)11-4-6-12(7-5-11)20-10-19-2/h4-9H,3,10H2,1-2H3. The molecular formula is C15H16BrNO3. The van der Waals surface area contributed by atoms with Gasteiger partial charge in [-0.3, -0.25) is 4.79 Å². The van der Waals surface area contributed by atoms with E-state index in [1.165, 1.54) is 0 Å². The Balaban J connectivity index is 2.37. The SMILES string of the molecule is CCn1c(-c2ccc(OCOC)cc2)ccc(Br)c1=O. The second-order valence-electron chi connectivity index (χ2n) is 4.19. The number of nitrogens with zero attached hydrogens (tertiary/aromatic N) is 1. The number of ether oxygens (including phenoxy) is 2. The summed E-state index contributed by atoms with van der Waals surface area (Å²) in [6.45, 7) is 2.79. The van der Waals surface area contributed by atoms with Crippen molar-refractivity contribution in [3.05, 3.63) is 51.2 Å². The van der Waals surface area contributed by atoms with Gasteiger partial charge in [-0.05, 0) is 64.8 Å². The van der Waals surface area contributed by atoms with Gasteiger partial charge in [0.15, 0.2) is 6.79 Å². The molecule has 0 radical (unpaired) electrons. The first-order valence-corrected chi connectivity index (χ1v) is 7.08. The molecule has 0 unspecified atom stereocenters. The molecule has 0 amide bonds. The van der Waals surface area contributed by atoms with Gasteiger partial charge in [0.2, 0.25) is 0 Å². The molecule has 5 heteroatoms. The Morgan fingerprint density at radius 2 is 1.85 bits per heavy atom. The van der Waals surface area contributed by atoms with Gasteiger partial charge < -0.3 is 14.0 Å². The number of methoxy groups -OCH3 is 1. The van der Waals surface area contributed by atoms with Crippen LogP contribution in [0, 0.1) is 0 Å². The number of halogens is 1. The molecule has 0 aliphatic rings. The van der Waals surface area contributed by atoms with Crippen LogP contribution < -0.4 is 10.3 Å². The maximum Gasteiger partial charge on any atom is 0.265 e. The highest BCUT2D eigenvalue weighted by molar-refractivity contribution is 9.10. The van der Waals surface area contributed by atoms with Crippen LogP contribution >= 0.6 is 15.9 Å². The number of pyridine rings is 1. The first-order chi connectivity index (χ1) is 9.67. The summed E-state index contributed by atoms with van der Waals surface area (Å²) >= 11 is 3.27. The Morgan fingerprint density at radius 3 is 2.45 bits per heavy atom. The fourth-order valence-electron chi connectivity index (χ4n) is 1.97. The zero-order chi connectivity index (χ0) is 14.5. The van der Waals surface area contributed by atoms with Crippen molar-refractivity contribution in [3.63, 3.8) is 0 Å². The van der Waals surface area contributed by atoms with Crippen molar-refractivity contribution < 1.29 is 9.47 Å². The van der Waals surface area contributed by atoms with Gasteiger partial charge in [0.05, 0.1) is 10.2 Å². The summed E-state index contributed by atoms with van der Waals surface area (Å²) in [6, 6.07) is 11.3. The van der Waals surface area contributed by atoms with E-state index in [2.05, 4.69) is 15.9 Å². The first kappa shape index (κ1) is 14.8. The van der Waals surface area contributed by atoms with Crippen molar-refractivity contribution in [2.75, 3.05) is 13.9 Å². The Labute approximate surface area is 126 Å². The molecule has 4 nitrogen and oxygen atoms in total. The smallest absolute Gasteiger partial charge is 0.265 e. The molecule has 106 valence electrons. The molecule has 1 heterocycles. The van der Waals surface area contributed by atoms with E-state index in [0.717, 1.165) is 17.0 Å². The number of hydrogen-bond acceptors (Lipinski definition) is 3. The minimum Gasteiger partial charge on any atom is -0.468 e. The van der Waals surface area contributed by atoms with Gasteiger partial charge in [-0.15, -0.1) is 0 Å². The zero-order valence-electron chi connectivity index (χ0n) is 11.4. The van der Waals surface area contributed by atoms with Crippen LogP contribution in [0.5, 0.6) is 5.75 Å². The van der Waals surface area contributed by atoms with Crippen LogP contribution in [-0.2, 0) is 11.3 Å². The number of benzene rings is 1. The van der Waals surface area contributed by atoms with Crippen LogP contribution in [0.1, 0.15) is 6.92 Å². The molecule has 1 aromatic heterocycles. The lowest BCUT2D eigenvalue weighted by atomic mass is 10.1. The third-order valence-corrected chi connectivity index (χ3v) is 3.54. The van der Waals surface area contributed by atoms with E-state index in [-0.39, 0.29) is 12.4 Å². The average molecular weight is 338 g/mol. The quantitative estimate of drug-likeness (QED) is 0.786. The normalized spacial score (nSPS) is 10.6. The fourth-order valence-corrected chi connectivity index (χ4v) is 2.31. The van der Waals surface area contributed by atoms with Crippen molar-refractivity contribution in [2.45, 2.75) is 13.5 Å². The summed E-state index contributed by atoms with van der Waals surface area (Å²) in [5.41, 5.74) is 1.84. The van der Waals surface area contributed by atoms with Crippen LogP contribution in [0.2, 0.25) is 0 Å². The summed E-state index contributed by atoms with van der Waals surface area (Å²) in [5, 5.41) is 0. The minimum atomic E-state index is -0.0234. The number of rotatable bonds is 5. The molecule has 0 fully saturated rings. The summed E-state index contributed by atoms with van der Waals surface area (Å²) < 4.78 is 12.5. The molecule has 0 aliphatic carbocycles. The topological polar surface area (TPSA) is 40.5 Å². The lowest BCUT2D eigenvalue weighted by Crippen LogP contribution is -2.21. The Hall–Kier alpha value is -1.59. The van der Waals surface area contributed by atoms with E-state index < -0.39 is 0 Å². The van der Waals surface area contributed by atoms with Gasteiger partial charge in [0, 0.05) is 13.7 Å². The zero-order valence-corrected chi connectivity index (χ0v) is 13.0. The molecule has 1 aromatic carbocycles. The van der Waals surface area contributed by atoms with Crippen LogP contribution in [0.25, 0.3) is 11.3 Å². The predicted octanol–water partition coefficient (Wildman–Crippen LogP) is 3.28. The highest BCUT2D eigenvalue weighted by Crippen LogP contribution is 2.22. The molecule has 0 atom stereocenters. The summed E-state index contributed by atoms with van der Waals surface area (Å²) in [5.74, 6) is 0.734. The molecule has 0 aliphatic heterocycles. The van der Waals surface area contributed by atoms with Gasteiger partial charge in [-0.2, -0.15) is 0 Å². The largest absolute Gasteiger partial charge is 0.468 e. The van der Waals surface area contributed by atoms with Crippen LogP contribution in [0.3, 0.4) is 0 Å². The van der Waals surface area contributed by atoms with E-state index in [0.29, 0.717) is 11.0 Å². The second-order valence-corrected chi connectivity index (χ2v) is 5.05. The molecule has 0 saturated carbocycles. The molecule has 0 bridgehead atoms. The highest BCUT2D eigenvalue weighted by Gasteiger charge is 2.08. The second kappa shape index (κ2) is 6.72. The van der Waals surface area contributed by atoms with E-state index in [4.69, 9.17) is 9.47 Å². The monoisotopic (exact) mass is 337 g/mol. The van der Waals surface area contributed by atoms with Crippen molar-refractivity contribution in [2.24, 2.45) is 0 Å². The van der Waals surface area contributed by atoms with Crippen molar-refractivity contribution in [1.29, 1.82) is 0 Å². The van der Waals surface area contributed by atoms with Crippen molar-refractivity contribution in [3.8, 4) is 17.0 Å². The van der Waals surface area contributed by atoms with Gasteiger partial charge in [0.25, 0.3) is 5.56 Å². The van der Waals surface area contributed by atoms with E-state index in [1.54, 1.807) is 17.7 Å². The third-order valence-electron chi connectivity index (χ3n) is 2.94. The van der Waals surface area contributed by atoms with Crippen molar-refractivity contribution >= 4 is 15.9 Å². The molecule has 0 N–H and O–H groups in total. The van der Waals surface area contributed by atoms with E-state index in [1.807, 2.05) is 37.3 Å². The highest BCUT2D eigenvalue weighted by atomic mass is 79.9. The van der Waals surface area contributed by atoms with E-state index >= 15 is 0 Å². The fraction of sp³-hybridized carbons (Fsp3) is 0.267. The Morgan fingerprint density at radius 1 is 1.15 bits per heavy atom.